The molecule has 1 atom stereocenters. The van der Waals surface area contributed by atoms with Gasteiger partial charge in [0, 0.05) is 13.1 Å². The topological polar surface area (TPSA) is 74.7 Å². The molecule has 0 amide bonds. The molecule has 1 aromatic carbocycles. The Kier molecular flexibility index (Phi) is 6.04. The van der Waals surface area contributed by atoms with Crippen LogP contribution in [0.15, 0.2) is 29.2 Å². The van der Waals surface area contributed by atoms with Crippen LogP contribution in [0.4, 0.5) is 0 Å². The molecule has 0 spiro atoms. The summed E-state index contributed by atoms with van der Waals surface area (Å²) in [5.74, 6) is -0.393. The number of nitrogens with zero attached hydrogens (tertiary/aromatic N) is 1. The van der Waals surface area contributed by atoms with E-state index in [1.165, 1.54) is 35.6 Å². The first-order chi connectivity index (χ1) is 9.32. The van der Waals surface area contributed by atoms with Gasteiger partial charge in [-0.3, -0.25) is 0 Å². The monoisotopic (exact) mass is 317 g/mol. The predicted molar refractivity (Wildman–Crippen MR) is 80.8 cm³/mol. The summed E-state index contributed by atoms with van der Waals surface area (Å²) in [6.45, 7) is 1.82. The van der Waals surface area contributed by atoms with E-state index >= 15 is 0 Å². The maximum Gasteiger partial charge on any atom is 0.337 e. The van der Waals surface area contributed by atoms with Gasteiger partial charge in [-0.15, -0.1) is 0 Å². The summed E-state index contributed by atoms with van der Waals surface area (Å²) in [7, 11) is -2.32. The SMILES string of the molecule is CSCCC(C)N(C)S(=O)(=O)c1ccccc1C(=O)O. The van der Waals surface area contributed by atoms with Gasteiger partial charge in [0.2, 0.25) is 10.0 Å². The molecule has 7 heteroatoms. The van der Waals surface area contributed by atoms with Gasteiger partial charge in [-0.25, -0.2) is 13.2 Å². The average Bonchev–Trinajstić information content (AvgIpc) is 2.43. The van der Waals surface area contributed by atoms with Crippen LogP contribution in [-0.4, -0.2) is 48.9 Å². The number of rotatable bonds is 7. The van der Waals surface area contributed by atoms with Crippen LogP contribution in [0.2, 0.25) is 0 Å². The highest BCUT2D eigenvalue weighted by molar-refractivity contribution is 7.98. The molecule has 1 aromatic rings. The second kappa shape index (κ2) is 7.10. The first-order valence-corrected chi connectivity index (χ1v) is 8.95. The number of aromatic carboxylic acids is 1. The molecule has 0 radical (unpaired) electrons. The van der Waals surface area contributed by atoms with E-state index in [0.29, 0.717) is 6.42 Å². The Hall–Kier alpha value is -1.05. The van der Waals surface area contributed by atoms with Crippen molar-refractivity contribution in [2.45, 2.75) is 24.3 Å². The molecular weight excluding hydrogens is 298 g/mol. The summed E-state index contributed by atoms with van der Waals surface area (Å²) in [6, 6.07) is 5.49. The quantitative estimate of drug-likeness (QED) is 0.834. The second-order valence-electron chi connectivity index (χ2n) is 4.45. The standard InChI is InChI=1S/C13H19NO4S2/c1-10(8-9-19-3)14(2)20(17,18)12-7-5-4-6-11(12)13(15)16/h4-7,10H,8-9H2,1-3H3,(H,15,16). The lowest BCUT2D eigenvalue weighted by Crippen LogP contribution is -2.36. The van der Waals surface area contributed by atoms with Crippen LogP contribution in [0, 0.1) is 0 Å². The minimum atomic E-state index is -3.80. The third-order valence-corrected chi connectivity index (χ3v) is 5.81. The lowest BCUT2D eigenvalue weighted by molar-refractivity contribution is 0.0692. The summed E-state index contributed by atoms with van der Waals surface area (Å²) < 4.78 is 26.3. The number of carbonyl (C=O) groups is 1. The van der Waals surface area contributed by atoms with Gasteiger partial charge in [0.1, 0.15) is 0 Å². The van der Waals surface area contributed by atoms with Crippen molar-refractivity contribution < 1.29 is 18.3 Å². The number of benzene rings is 1. The third kappa shape index (κ3) is 3.74. The van der Waals surface area contributed by atoms with E-state index in [0.717, 1.165) is 5.75 Å². The number of hydrogen-bond donors (Lipinski definition) is 1. The van der Waals surface area contributed by atoms with Crippen molar-refractivity contribution in [3.8, 4) is 0 Å². The van der Waals surface area contributed by atoms with Crippen molar-refractivity contribution in [2.24, 2.45) is 0 Å². The van der Waals surface area contributed by atoms with E-state index in [2.05, 4.69) is 0 Å². The van der Waals surface area contributed by atoms with Gasteiger partial charge in [-0.05, 0) is 37.5 Å². The fourth-order valence-electron chi connectivity index (χ4n) is 1.73. The van der Waals surface area contributed by atoms with Gasteiger partial charge >= 0.3 is 5.97 Å². The smallest absolute Gasteiger partial charge is 0.337 e. The highest BCUT2D eigenvalue weighted by atomic mass is 32.2. The Labute approximate surface area is 124 Å². The van der Waals surface area contributed by atoms with E-state index in [1.54, 1.807) is 11.8 Å². The van der Waals surface area contributed by atoms with Crippen molar-refractivity contribution in [2.75, 3.05) is 19.1 Å². The van der Waals surface area contributed by atoms with Crippen LogP contribution in [0.3, 0.4) is 0 Å². The number of thioether (sulfide) groups is 1. The normalized spacial score (nSPS) is 13.4. The Morgan fingerprint density at radius 3 is 2.55 bits per heavy atom. The minimum absolute atomic E-state index is 0.161. The van der Waals surface area contributed by atoms with Gasteiger partial charge in [-0.1, -0.05) is 12.1 Å². The average molecular weight is 317 g/mol. The van der Waals surface area contributed by atoms with E-state index in [1.807, 2.05) is 13.2 Å². The van der Waals surface area contributed by atoms with Crippen LogP contribution < -0.4 is 0 Å². The molecule has 0 saturated carbocycles. The van der Waals surface area contributed by atoms with Crippen molar-refractivity contribution in [1.82, 2.24) is 4.31 Å². The van der Waals surface area contributed by atoms with Gasteiger partial charge in [0.15, 0.2) is 0 Å². The lowest BCUT2D eigenvalue weighted by atomic mass is 10.2. The zero-order chi connectivity index (χ0) is 15.3. The largest absolute Gasteiger partial charge is 0.478 e. The molecule has 1 rings (SSSR count). The lowest BCUT2D eigenvalue weighted by Gasteiger charge is -2.24. The first-order valence-electron chi connectivity index (χ1n) is 6.11. The summed E-state index contributed by atoms with van der Waals surface area (Å²) in [4.78, 5) is 11.0. The highest BCUT2D eigenvalue weighted by Gasteiger charge is 2.28. The van der Waals surface area contributed by atoms with Gasteiger partial charge in [0.25, 0.3) is 0 Å². The Bertz CT molecular complexity index is 571. The maximum atomic E-state index is 12.5. The molecule has 0 aliphatic rings. The van der Waals surface area contributed by atoms with Crippen LogP contribution >= 0.6 is 11.8 Å². The number of hydrogen-bond acceptors (Lipinski definition) is 4. The van der Waals surface area contributed by atoms with Gasteiger partial charge < -0.3 is 5.11 Å². The third-order valence-electron chi connectivity index (χ3n) is 3.13. The van der Waals surface area contributed by atoms with Crippen molar-refractivity contribution in [3.63, 3.8) is 0 Å². The molecular formula is C13H19NO4S2. The van der Waals surface area contributed by atoms with E-state index < -0.39 is 16.0 Å². The molecule has 0 saturated heterocycles. The maximum absolute atomic E-state index is 12.5. The van der Waals surface area contributed by atoms with Gasteiger partial charge in [-0.2, -0.15) is 16.1 Å². The summed E-state index contributed by atoms with van der Waals surface area (Å²) in [6.07, 6.45) is 2.67. The first kappa shape index (κ1) is 17.0. The molecule has 1 N–H and O–H groups in total. The van der Waals surface area contributed by atoms with Crippen LogP contribution in [0.1, 0.15) is 23.7 Å². The summed E-state index contributed by atoms with van der Waals surface area (Å²) in [5.41, 5.74) is -0.198. The Morgan fingerprint density at radius 1 is 1.40 bits per heavy atom. The van der Waals surface area contributed by atoms with Crippen LogP contribution in [0.5, 0.6) is 0 Å². The molecule has 5 nitrogen and oxygen atoms in total. The molecule has 112 valence electrons. The number of carboxylic acids is 1. The molecule has 1 unspecified atom stereocenters. The fourth-order valence-corrected chi connectivity index (χ4v) is 3.88. The number of carboxylic acid groups (broad SMARTS) is 1. The van der Waals surface area contributed by atoms with Crippen LogP contribution in [-0.2, 0) is 10.0 Å². The molecule has 0 heterocycles. The molecule has 0 aliphatic heterocycles. The summed E-state index contributed by atoms with van der Waals surface area (Å²) >= 11 is 1.65. The predicted octanol–water partition coefficient (Wildman–Crippen LogP) is 2.15. The van der Waals surface area contributed by atoms with E-state index in [9.17, 15) is 13.2 Å². The fraction of sp³-hybridized carbons (Fsp3) is 0.462. The van der Waals surface area contributed by atoms with E-state index in [4.69, 9.17) is 5.11 Å². The van der Waals surface area contributed by atoms with Crippen molar-refractivity contribution >= 4 is 27.8 Å². The van der Waals surface area contributed by atoms with Crippen LogP contribution in [0.25, 0.3) is 0 Å². The van der Waals surface area contributed by atoms with Crippen molar-refractivity contribution in [1.29, 1.82) is 0 Å². The zero-order valence-electron chi connectivity index (χ0n) is 11.7. The molecule has 0 aliphatic carbocycles. The van der Waals surface area contributed by atoms with E-state index in [-0.39, 0.29) is 16.5 Å². The van der Waals surface area contributed by atoms with Crippen molar-refractivity contribution in [3.05, 3.63) is 29.8 Å². The second-order valence-corrected chi connectivity index (χ2v) is 7.40. The zero-order valence-corrected chi connectivity index (χ0v) is 13.4. The molecule has 20 heavy (non-hydrogen) atoms. The molecule has 0 fully saturated rings. The highest BCUT2D eigenvalue weighted by Crippen LogP contribution is 2.22. The Balaban J connectivity index is 3.14. The molecule has 0 aromatic heterocycles. The number of sulfonamides is 1. The molecule has 0 bridgehead atoms. The summed E-state index contributed by atoms with van der Waals surface area (Å²) in [5, 5.41) is 9.10. The van der Waals surface area contributed by atoms with Gasteiger partial charge in [0.05, 0.1) is 10.5 Å². The Morgan fingerprint density at radius 2 is 2.00 bits per heavy atom. The minimum Gasteiger partial charge on any atom is -0.478 e.